The minimum absolute atomic E-state index is 0.506. The van der Waals surface area contributed by atoms with Crippen molar-refractivity contribution in [2.24, 2.45) is 0 Å². The second-order valence-electron chi connectivity index (χ2n) is 5.23. The van der Waals surface area contributed by atoms with E-state index in [0.717, 1.165) is 36.2 Å². The molecule has 1 aromatic carbocycles. The summed E-state index contributed by atoms with van der Waals surface area (Å²) in [5.74, 6) is 0.506. The van der Waals surface area contributed by atoms with Crippen LogP contribution in [0.3, 0.4) is 0 Å². The van der Waals surface area contributed by atoms with Crippen LogP contribution in [-0.4, -0.2) is 19.3 Å². The molecule has 0 radical (unpaired) electrons. The fourth-order valence-electron chi connectivity index (χ4n) is 2.65. The Morgan fingerprint density at radius 3 is 2.76 bits per heavy atom. The maximum absolute atomic E-state index is 6.15. The molecule has 5 nitrogen and oxygen atoms in total. The average Bonchev–Trinajstić information content (AvgIpc) is 2.92. The second kappa shape index (κ2) is 5.41. The molecule has 0 amide bonds. The molecule has 0 saturated heterocycles. The van der Waals surface area contributed by atoms with Crippen molar-refractivity contribution in [3.63, 3.8) is 0 Å². The summed E-state index contributed by atoms with van der Waals surface area (Å²) in [6, 6.07) is 7.83. The van der Waals surface area contributed by atoms with Crippen molar-refractivity contribution in [2.75, 3.05) is 5.73 Å². The number of nitrogens with zero attached hydrogens (tertiary/aromatic N) is 4. The number of aromatic nitrogens is 4. The minimum atomic E-state index is 0.506. The van der Waals surface area contributed by atoms with Gasteiger partial charge in [0.1, 0.15) is 5.52 Å². The topological polar surface area (TPSA) is 61.7 Å². The van der Waals surface area contributed by atoms with Crippen LogP contribution in [0.4, 0.5) is 5.95 Å². The van der Waals surface area contributed by atoms with Gasteiger partial charge in [-0.25, -0.2) is 4.98 Å². The van der Waals surface area contributed by atoms with Gasteiger partial charge in [0.05, 0.1) is 16.2 Å². The maximum Gasteiger partial charge on any atom is 0.201 e. The number of imidazole rings is 1. The Labute approximate surface area is 128 Å². The molecule has 0 fully saturated rings. The highest BCUT2D eigenvalue weighted by atomic mass is 35.5. The van der Waals surface area contributed by atoms with Gasteiger partial charge in [-0.05, 0) is 38.5 Å². The molecule has 0 spiro atoms. The molecule has 0 unspecified atom stereocenters. The molecule has 3 aromatic rings. The third-order valence-corrected chi connectivity index (χ3v) is 3.92. The predicted molar refractivity (Wildman–Crippen MR) is 85.5 cm³/mol. The fourth-order valence-corrected chi connectivity index (χ4v) is 2.86. The van der Waals surface area contributed by atoms with Gasteiger partial charge < -0.3 is 10.3 Å². The van der Waals surface area contributed by atoms with Crippen molar-refractivity contribution in [1.29, 1.82) is 0 Å². The Balaban J connectivity index is 1.78. The number of rotatable bonds is 4. The number of nitrogen functional groups attached to an aromatic ring is 1. The lowest BCUT2D eigenvalue weighted by Crippen LogP contribution is -2.08. The molecule has 110 valence electrons. The summed E-state index contributed by atoms with van der Waals surface area (Å²) in [6.07, 6.45) is 0.935. The molecule has 21 heavy (non-hydrogen) atoms. The van der Waals surface area contributed by atoms with Crippen LogP contribution >= 0.6 is 11.6 Å². The van der Waals surface area contributed by atoms with Crippen LogP contribution in [0.2, 0.25) is 5.02 Å². The summed E-state index contributed by atoms with van der Waals surface area (Å²) < 4.78 is 4.03. The first-order chi connectivity index (χ1) is 10.1. The zero-order valence-corrected chi connectivity index (χ0v) is 12.9. The van der Waals surface area contributed by atoms with Gasteiger partial charge in [0, 0.05) is 18.8 Å². The Morgan fingerprint density at radius 2 is 2.05 bits per heavy atom. The zero-order valence-electron chi connectivity index (χ0n) is 12.2. The van der Waals surface area contributed by atoms with Gasteiger partial charge in [-0.2, -0.15) is 5.10 Å². The molecule has 0 bridgehead atoms. The highest BCUT2D eigenvalue weighted by Crippen LogP contribution is 2.25. The van der Waals surface area contributed by atoms with Crippen LogP contribution in [0.25, 0.3) is 11.0 Å². The molecule has 2 aromatic heterocycles. The number of para-hydroxylation sites is 1. The second-order valence-corrected chi connectivity index (χ2v) is 5.64. The van der Waals surface area contributed by atoms with E-state index in [4.69, 9.17) is 17.3 Å². The van der Waals surface area contributed by atoms with Gasteiger partial charge in [0.25, 0.3) is 0 Å². The quantitative estimate of drug-likeness (QED) is 0.805. The summed E-state index contributed by atoms with van der Waals surface area (Å²) >= 11 is 6.15. The molecular formula is C15H18ClN5. The zero-order chi connectivity index (χ0) is 15.0. The number of nitrogens with two attached hydrogens (primary N) is 1. The monoisotopic (exact) mass is 303 g/mol. The normalized spacial score (nSPS) is 11.4. The minimum Gasteiger partial charge on any atom is -0.369 e. The Bertz CT molecular complexity index is 787. The average molecular weight is 304 g/mol. The first-order valence-electron chi connectivity index (χ1n) is 6.97. The van der Waals surface area contributed by atoms with Gasteiger partial charge in [-0.3, -0.25) is 4.68 Å². The summed E-state index contributed by atoms with van der Waals surface area (Å²) in [7, 11) is 0. The molecule has 0 atom stereocenters. The lowest BCUT2D eigenvalue weighted by molar-refractivity contribution is 0.523. The SMILES string of the molecule is Cc1cc(C)n(CCCn2c(N)nc3c(Cl)cccc32)n1. The van der Waals surface area contributed by atoms with E-state index in [2.05, 4.69) is 23.1 Å². The lowest BCUT2D eigenvalue weighted by atomic mass is 10.3. The van der Waals surface area contributed by atoms with Crippen LogP contribution in [0.15, 0.2) is 24.3 Å². The first kappa shape index (κ1) is 13.9. The smallest absolute Gasteiger partial charge is 0.201 e. The maximum atomic E-state index is 6.15. The Hall–Kier alpha value is -2.01. The van der Waals surface area contributed by atoms with Gasteiger partial charge in [-0.15, -0.1) is 0 Å². The summed E-state index contributed by atoms with van der Waals surface area (Å²) in [5.41, 5.74) is 9.98. The van der Waals surface area contributed by atoms with Gasteiger partial charge in [0.2, 0.25) is 5.95 Å². The van der Waals surface area contributed by atoms with Gasteiger partial charge in [0.15, 0.2) is 0 Å². The highest BCUT2D eigenvalue weighted by molar-refractivity contribution is 6.35. The number of hydrogen-bond donors (Lipinski definition) is 1. The van der Waals surface area contributed by atoms with Gasteiger partial charge in [-0.1, -0.05) is 17.7 Å². The van der Waals surface area contributed by atoms with Crippen molar-refractivity contribution < 1.29 is 0 Å². The summed E-state index contributed by atoms with van der Waals surface area (Å²) in [4.78, 5) is 4.35. The van der Waals surface area contributed by atoms with E-state index in [0.29, 0.717) is 11.0 Å². The van der Waals surface area contributed by atoms with Crippen molar-refractivity contribution >= 4 is 28.6 Å². The van der Waals surface area contributed by atoms with Crippen molar-refractivity contribution in [1.82, 2.24) is 19.3 Å². The molecule has 0 aliphatic rings. The number of benzene rings is 1. The van der Waals surface area contributed by atoms with Crippen molar-refractivity contribution in [3.8, 4) is 0 Å². The number of aryl methyl sites for hydroxylation is 4. The molecule has 0 aliphatic carbocycles. The number of halogens is 1. The van der Waals surface area contributed by atoms with Crippen LogP contribution in [0, 0.1) is 13.8 Å². The van der Waals surface area contributed by atoms with E-state index >= 15 is 0 Å². The Morgan fingerprint density at radius 1 is 1.24 bits per heavy atom. The number of anilines is 1. The molecule has 0 saturated carbocycles. The molecule has 2 N–H and O–H groups in total. The summed E-state index contributed by atoms with van der Waals surface area (Å²) in [6.45, 7) is 5.73. The van der Waals surface area contributed by atoms with E-state index in [-0.39, 0.29) is 0 Å². The third kappa shape index (κ3) is 2.61. The molecule has 2 heterocycles. The predicted octanol–water partition coefficient (Wildman–Crippen LogP) is 3.18. The Kier molecular flexibility index (Phi) is 3.59. The van der Waals surface area contributed by atoms with Crippen molar-refractivity contribution in [3.05, 3.63) is 40.7 Å². The van der Waals surface area contributed by atoms with E-state index in [1.807, 2.05) is 34.4 Å². The number of fused-ring (bicyclic) bond motifs is 1. The molecule has 3 rings (SSSR count). The van der Waals surface area contributed by atoms with Gasteiger partial charge >= 0.3 is 0 Å². The van der Waals surface area contributed by atoms with Crippen LogP contribution in [-0.2, 0) is 13.1 Å². The van der Waals surface area contributed by atoms with E-state index in [9.17, 15) is 0 Å². The van der Waals surface area contributed by atoms with E-state index < -0.39 is 0 Å². The highest BCUT2D eigenvalue weighted by Gasteiger charge is 2.10. The van der Waals surface area contributed by atoms with E-state index in [1.165, 1.54) is 5.69 Å². The molecular weight excluding hydrogens is 286 g/mol. The lowest BCUT2D eigenvalue weighted by Gasteiger charge is -2.08. The van der Waals surface area contributed by atoms with Crippen molar-refractivity contribution in [2.45, 2.75) is 33.4 Å². The molecule has 6 heteroatoms. The van der Waals surface area contributed by atoms with E-state index in [1.54, 1.807) is 0 Å². The van der Waals surface area contributed by atoms with Crippen LogP contribution in [0.1, 0.15) is 17.8 Å². The van der Waals surface area contributed by atoms with Crippen LogP contribution in [0.5, 0.6) is 0 Å². The largest absolute Gasteiger partial charge is 0.369 e. The summed E-state index contributed by atoms with van der Waals surface area (Å²) in [5, 5.41) is 5.10. The molecule has 0 aliphatic heterocycles. The standard InChI is InChI=1S/C15H18ClN5/c1-10-9-11(2)21(19-10)8-4-7-20-13-6-3-5-12(16)14(13)18-15(20)17/h3,5-6,9H,4,7-8H2,1-2H3,(H2,17,18). The number of hydrogen-bond acceptors (Lipinski definition) is 3. The first-order valence-corrected chi connectivity index (χ1v) is 7.35. The fraction of sp³-hybridized carbons (Fsp3) is 0.333. The third-order valence-electron chi connectivity index (χ3n) is 3.61. The van der Waals surface area contributed by atoms with Crippen LogP contribution < -0.4 is 5.73 Å².